The Morgan fingerprint density at radius 2 is 1.08 bits per heavy atom. The molecule has 0 spiro atoms. The molecule has 6 nitrogen and oxygen atoms in total. The number of carbonyl (C=O) groups excluding carboxylic acids is 4. The number of amides is 3. The molecule has 37 heavy (non-hydrogen) atoms. The van der Waals surface area contributed by atoms with Crippen molar-refractivity contribution < 1.29 is 19.2 Å². The molecule has 1 heterocycles. The summed E-state index contributed by atoms with van der Waals surface area (Å²) in [6.45, 7) is -0.818. The molecular weight excluding hydrogens is 652 g/mol. The van der Waals surface area contributed by atoms with Gasteiger partial charge in [-0.2, -0.15) is 5.01 Å². The second kappa shape index (κ2) is 10.8. The maximum absolute atomic E-state index is 13.6. The van der Waals surface area contributed by atoms with Crippen LogP contribution in [-0.2, 0) is 0 Å². The van der Waals surface area contributed by atoms with Crippen LogP contribution in [0.3, 0.4) is 0 Å². The third-order valence-corrected chi connectivity index (χ3v) is 8.14. The average Bonchev–Trinajstić information content (AvgIpc) is 3.09. The average molecular weight is 660 g/mol. The number of fused-ring (bicyclic) bond motifs is 1. The summed E-state index contributed by atoms with van der Waals surface area (Å²) in [5.74, 6) is -3.86. The number of rotatable bonds is 5. The highest BCUT2D eigenvalue weighted by atomic mass is 35.5. The minimum absolute atomic E-state index is 0.0126. The van der Waals surface area contributed by atoms with Gasteiger partial charge in [0.25, 0.3) is 17.7 Å². The summed E-state index contributed by atoms with van der Waals surface area (Å²) in [4.78, 5) is 53.8. The van der Waals surface area contributed by atoms with E-state index in [-0.39, 0.29) is 62.4 Å². The van der Waals surface area contributed by atoms with Crippen molar-refractivity contribution in [1.82, 2.24) is 10.0 Å². The highest BCUT2D eigenvalue weighted by molar-refractivity contribution is 6.55. The Kier molecular flexibility index (Phi) is 8.25. The van der Waals surface area contributed by atoms with E-state index in [4.69, 9.17) is 92.8 Å². The lowest BCUT2D eigenvalue weighted by Gasteiger charge is -2.30. The summed E-state index contributed by atoms with van der Waals surface area (Å²) in [5.41, 5.74) is -0.957. The zero-order valence-corrected chi connectivity index (χ0v) is 23.8. The predicted molar refractivity (Wildman–Crippen MR) is 145 cm³/mol. The summed E-state index contributed by atoms with van der Waals surface area (Å²) < 4.78 is 0. The van der Waals surface area contributed by atoms with Crippen molar-refractivity contribution in [1.29, 1.82) is 0 Å². The zero-order valence-electron chi connectivity index (χ0n) is 17.7. The molecule has 14 heteroatoms. The number of benzene rings is 3. The molecular formula is C23H8Cl8N2O4. The molecule has 0 fully saturated rings. The highest BCUT2D eigenvalue weighted by Crippen LogP contribution is 2.45. The Morgan fingerprint density at radius 1 is 0.649 bits per heavy atom. The van der Waals surface area contributed by atoms with E-state index in [1.165, 1.54) is 36.4 Å². The second-order valence-corrected chi connectivity index (χ2v) is 10.7. The predicted octanol–water partition coefficient (Wildman–Crippen LogP) is 8.45. The van der Waals surface area contributed by atoms with Crippen LogP contribution in [-0.4, -0.2) is 40.1 Å². The fourth-order valence-electron chi connectivity index (χ4n) is 3.53. The summed E-state index contributed by atoms with van der Waals surface area (Å²) in [7, 11) is 0. The van der Waals surface area contributed by atoms with E-state index in [9.17, 15) is 19.2 Å². The van der Waals surface area contributed by atoms with E-state index in [1.54, 1.807) is 0 Å². The van der Waals surface area contributed by atoms with Crippen LogP contribution in [0.15, 0.2) is 36.4 Å². The molecule has 0 saturated carbocycles. The van der Waals surface area contributed by atoms with Crippen molar-refractivity contribution in [2.24, 2.45) is 0 Å². The molecule has 3 aromatic carbocycles. The number of nitrogens with zero attached hydrogens (tertiary/aromatic N) is 2. The van der Waals surface area contributed by atoms with Crippen LogP contribution in [0.1, 0.15) is 41.4 Å². The number of ketones is 1. The minimum Gasteiger partial charge on any atom is -0.292 e. The number of hydrazine groups is 1. The number of hydrogen-bond donors (Lipinski definition) is 0. The minimum atomic E-state index is -1.07. The molecule has 0 bridgehead atoms. The smallest absolute Gasteiger partial charge is 0.282 e. The van der Waals surface area contributed by atoms with E-state index < -0.39 is 30.0 Å². The van der Waals surface area contributed by atoms with Gasteiger partial charge in [-0.15, -0.1) is 0 Å². The zero-order chi connectivity index (χ0) is 27.3. The van der Waals surface area contributed by atoms with Crippen molar-refractivity contribution in [3.05, 3.63) is 98.8 Å². The molecule has 0 unspecified atom stereocenters. The van der Waals surface area contributed by atoms with Crippen LogP contribution >= 0.6 is 92.8 Å². The number of Topliss-reactive ketones (excluding diaryl/α,β-unsaturated/α-hetero) is 1. The van der Waals surface area contributed by atoms with Gasteiger partial charge in [-0.1, -0.05) is 92.8 Å². The van der Waals surface area contributed by atoms with Crippen LogP contribution < -0.4 is 0 Å². The SMILES string of the molecule is O=C(CN(C(=O)c1ccc(Cl)cc1Cl)N1C(=O)c2c(Cl)c(Cl)c(Cl)c(Cl)c2C1=O)c1ccc(Cl)cc1Cl. The first kappa shape index (κ1) is 28.3. The normalized spacial score (nSPS) is 12.7. The molecule has 1 aliphatic heterocycles. The summed E-state index contributed by atoms with van der Waals surface area (Å²) in [6.07, 6.45) is 0. The molecule has 0 radical (unpaired) electrons. The van der Waals surface area contributed by atoms with Crippen LogP contribution in [0, 0.1) is 0 Å². The van der Waals surface area contributed by atoms with Gasteiger partial charge >= 0.3 is 0 Å². The molecule has 0 N–H and O–H groups in total. The molecule has 0 aliphatic carbocycles. The number of carbonyl (C=O) groups is 4. The molecule has 190 valence electrons. The second-order valence-electron chi connectivity index (χ2n) is 7.46. The van der Waals surface area contributed by atoms with Gasteiger partial charge in [-0.25, -0.2) is 5.01 Å². The third-order valence-electron chi connectivity index (χ3n) is 5.24. The number of imide groups is 1. The largest absolute Gasteiger partial charge is 0.292 e. The topological polar surface area (TPSA) is 74.8 Å². The Bertz CT molecular complexity index is 1490. The van der Waals surface area contributed by atoms with E-state index in [0.29, 0.717) is 10.0 Å². The van der Waals surface area contributed by atoms with Crippen molar-refractivity contribution in [3.63, 3.8) is 0 Å². The lowest BCUT2D eigenvalue weighted by Crippen LogP contribution is -2.51. The monoisotopic (exact) mass is 656 g/mol. The fraction of sp³-hybridized carbons (Fsp3) is 0.0435. The quantitative estimate of drug-likeness (QED) is 0.119. The molecule has 3 amide bonds. The van der Waals surface area contributed by atoms with Crippen LogP contribution in [0.25, 0.3) is 0 Å². The summed E-state index contributed by atoms with van der Waals surface area (Å²) in [6, 6.07) is 7.99. The van der Waals surface area contributed by atoms with Gasteiger partial charge in [0.1, 0.15) is 6.54 Å². The van der Waals surface area contributed by atoms with Gasteiger partial charge in [0.15, 0.2) is 5.78 Å². The summed E-state index contributed by atoms with van der Waals surface area (Å²) in [5, 5.41) is 0.162. The van der Waals surface area contributed by atoms with E-state index in [0.717, 1.165) is 0 Å². The Hall–Kier alpha value is -1.74. The van der Waals surface area contributed by atoms with Gasteiger partial charge in [-0.3, -0.25) is 19.2 Å². The van der Waals surface area contributed by atoms with Crippen LogP contribution in [0.2, 0.25) is 40.2 Å². The molecule has 1 aliphatic rings. The van der Waals surface area contributed by atoms with Gasteiger partial charge in [-0.05, 0) is 36.4 Å². The van der Waals surface area contributed by atoms with Gasteiger partial charge in [0.2, 0.25) is 0 Å². The van der Waals surface area contributed by atoms with E-state index >= 15 is 0 Å². The van der Waals surface area contributed by atoms with Gasteiger partial charge in [0, 0.05) is 15.6 Å². The van der Waals surface area contributed by atoms with Crippen molar-refractivity contribution in [2.45, 2.75) is 0 Å². The Morgan fingerprint density at radius 3 is 1.51 bits per heavy atom. The summed E-state index contributed by atoms with van der Waals surface area (Å²) >= 11 is 48.8. The maximum Gasteiger partial charge on any atom is 0.282 e. The Balaban J connectivity index is 1.85. The van der Waals surface area contributed by atoms with Crippen molar-refractivity contribution >= 4 is 116 Å². The van der Waals surface area contributed by atoms with E-state index in [2.05, 4.69) is 0 Å². The standard InChI is InChI=1S/C23H8Cl8N2O4/c24-8-1-3-10(12(26)5-8)14(34)7-32(21(35)11-4-2-9(25)6-13(11)27)33-22(36)15-16(23(33)37)18(29)20(31)19(30)17(15)28/h1-6H,7H2. The van der Waals surface area contributed by atoms with Crippen molar-refractivity contribution in [2.75, 3.05) is 6.54 Å². The molecule has 0 saturated heterocycles. The maximum atomic E-state index is 13.6. The first-order chi connectivity index (χ1) is 17.3. The fourth-order valence-corrected chi connectivity index (χ4v) is 5.55. The highest BCUT2D eigenvalue weighted by Gasteiger charge is 2.46. The van der Waals surface area contributed by atoms with Crippen molar-refractivity contribution in [3.8, 4) is 0 Å². The lowest BCUT2D eigenvalue weighted by molar-refractivity contribution is 0.00533. The van der Waals surface area contributed by atoms with Crippen LogP contribution in [0.4, 0.5) is 0 Å². The number of halogens is 8. The van der Waals surface area contributed by atoms with Gasteiger partial charge in [0.05, 0.1) is 46.8 Å². The molecule has 0 atom stereocenters. The Labute approximate surface area is 249 Å². The van der Waals surface area contributed by atoms with Gasteiger partial charge < -0.3 is 0 Å². The van der Waals surface area contributed by atoms with E-state index in [1.807, 2.05) is 0 Å². The first-order valence-electron chi connectivity index (χ1n) is 9.85. The molecule has 3 aromatic rings. The number of hydrogen-bond acceptors (Lipinski definition) is 4. The molecule has 4 rings (SSSR count). The molecule has 0 aromatic heterocycles. The van der Waals surface area contributed by atoms with Crippen LogP contribution in [0.5, 0.6) is 0 Å². The first-order valence-corrected chi connectivity index (χ1v) is 12.9. The lowest BCUT2D eigenvalue weighted by atomic mass is 10.1. The third kappa shape index (κ3) is 5.02.